The largest absolute Gasteiger partial charge is 0.454 e. The Bertz CT molecular complexity index is 1160. The average molecular weight is 389 g/mol. The van der Waals surface area contributed by atoms with E-state index in [4.69, 9.17) is 9.15 Å². The van der Waals surface area contributed by atoms with E-state index in [1.54, 1.807) is 24.3 Å². The van der Waals surface area contributed by atoms with Gasteiger partial charge in [0.25, 0.3) is 11.8 Å². The number of hydrogen-bond acceptors (Lipinski definition) is 6. The van der Waals surface area contributed by atoms with Crippen LogP contribution >= 0.6 is 0 Å². The summed E-state index contributed by atoms with van der Waals surface area (Å²) in [6.07, 6.45) is 1.44. The molecular formula is C22H15NO6. The minimum absolute atomic E-state index is 0.0720. The molecule has 0 saturated heterocycles. The number of benzene rings is 2. The molecule has 0 N–H and O–H groups in total. The number of esters is 1. The summed E-state index contributed by atoms with van der Waals surface area (Å²) in [6, 6.07) is 12.8. The number of carbonyl (C=O) groups is 4. The minimum atomic E-state index is -0.778. The molecule has 1 aliphatic rings. The summed E-state index contributed by atoms with van der Waals surface area (Å²) in [6.45, 7) is 3.09. The van der Waals surface area contributed by atoms with E-state index in [0.717, 1.165) is 10.3 Å². The second kappa shape index (κ2) is 7.20. The van der Waals surface area contributed by atoms with Gasteiger partial charge in [0.1, 0.15) is 5.58 Å². The van der Waals surface area contributed by atoms with Crippen LogP contribution in [-0.2, 0) is 4.74 Å². The predicted molar refractivity (Wildman–Crippen MR) is 103 cm³/mol. The smallest absolute Gasteiger partial charge is 0.338 e. The molecule has 7 nitrogen and oxygen atoms in total. The first-order chi connectivity index (χ1) is 14.0. The summed E-state index contributed by atoms with van der Waals surface area (Å²) in [5.74, 6) is -2.12. The van der Waals surface area contributed by atoms with Crippen molar-refractivity contribution in [2.45, 2.75) is 0 Å². The summed E-state index contributed by atoms with van der Waals surface area (Å²) in [5, 5.41) is 0.771. The van der Waals surface area contributed by atoms with Crippen LogP contribution in [0.4, 0.5) is 0 Å². The molecule has 0 unspecified atom stereocenters. The van der Waals surface area contributed by atoms with E-state index in [9.17, 15) is 19.2 Å². The summed E-state index contributed by atoms with van der Waals surface area (Å²) >= 11 is 0. The fourth-order valence-electron chi connectivity index (χ4n) is 3.12. The number of furan rings is 1. The zero-order valence-corrected chi connectivity index (χ0v) is 15.2. The number of amides is 2. The van der Waals surface area contributed by atoms with Crippen molar-refractivity contribution >= 4 is 34.5 Å². The van der Waals surface area contributed by atoms with Crippen molar-refractivity contribution in [2.75, 3.05) is 13.2 Å². The zero-order valence-electron chi connectivity index (χ0n) is 15.2. The molecule has 144 valence electrons. The number of ketones is 1. The molecule has 7 heteroatoms. The molecular weight excluding hydrogens is 374 g/mol. The molecule has 0 atom stereocenters. The standard InChI is InChI=1S/C22H15NO6/c1-2-9-23-20(25)15-8-7-14(10-16(15)21(23)26)22(27)28-12-17(24)19-11-13-5-3-4-6-18(13)29-19/h2-8,10-11H,1,9,12H2. The summed E-state index contributed by atoms with van der Waals surface area (Å²) < 4.78 is 10.5. The zero-order chi connectivity index (χ0) is 20.5. The van der Waals surface area contributed by atoms with Gasteiger partial charge in [-0.15, -0.1) is 6.58 Å². The van der Waals surface area contributed by atoms with E-state index < -0.39 is 30.2 Å². The van der Waals surface area contributed by atoms with Crippen LogP contribution < -0.4 is 0 Å². The molecule has 4 rings (SSSR count). The quantitative estimate of drug-likeness (QED) is 0.278. The van der Waals surface area contributed by atoms with Gasteiger partial charge in [0, 0.05) is 11.9 Å². The first-order valence-electron chi connectivity index (χ1n) is 8.79. The van der Waals surface area contributed by atoms with Crippen molar-refractivity contribution in [2.24, 2.45) is 0 Å². The van der Waals surface area contributed by atoms with E-state index >= 15 is 0 Å². The molecule has 0 bridgehead atoms. The SMILES string of the molecule is C=CCN1C(=O)c2ccc(C(=O)OCC(=O)c3cc4ccccc4o3)cc2C1=O. The maximum absolute atomic E-state index is 12.3. The van der Waals surface area contributed by atoms with Crippen LogP contribution in [-0.4, -0.2) is 41.6 Å². The lowest BCUT2D eigenvalue weighted by Gasteiger charge is -2.09. The van der Waals surface area contributed by atoms with Gasteiger partial charge in [0.15, 0.2) is 12.4 Å². The number of imide groups is 1. The molecule has 2 aromatic carbocycles. The molecule has 0 fully saturated rings. The molecule has 0 aliphatic carbocycles. The van der Waals surface area contributed by atoms with Crippen molar-refractivity contribution in [1.82, 2.24) is 4.90 Å². The Labute approximate surface area is 165 Å². The fourth-order valence-corrected chi connectivity index (χ4v) is 3.12. The van der Waals surface area contributed by atoms with Gasteiger partial charge in [-0.2, -0.15) is 0 Å². The van der Waals surface area contributed by atoms with Crippen molar-refractivity contribution in [3.63, 3.8) is 0 Å². The number of Topliss-reactive ketones (excluding diaryl/α,β-unsaturated/α-hetero) is 1. The Balaban J connectivity index is 1.47. The van der Waals surface area contributed by atoms with Crippen molar-refractivity contribution < 1.29 is 28.3 Å². The monoisotopic (exact) mass is 389 g/mol. The van der Waals surface area contributed by atoms with Crippen LogP contribution in [0.2, 0.25) is 0 Å². The topological polar surface area (TPSA) is 93.9 Å². The molecule has 29 heavy (non-hydrogen) atoms. The van der Waals surface area contributed by atoms with E-state index in [-0.39, 0.29) is 29.0 Å². The predicted octanol–water partition coefficient (Wildman–Crippen LogP) is 3.25. The third kappa shape index (κ3) is 3.23. The van der Waals surface area contributed by atoms with Gasteiger partial charge >= 0.3 is 5.97 Å². The second-order valence-electron chi connectivity index (χ2n) is 6.42. The molecule has 1 aliphatic heterocycles. The maximum atomic E-state index is 12.3. The van der Waals surface area contributed by atoms with E-state index in [1.807, 2.05) is 6.07 Å². The Kier molecular flexibility index (Phi) is 4.56. The third-order valence-electron chi connectivity index (χ3n) is 4.55. The van der Waals surface area contributed by atoms with Gasteiger partial charge in [-0.05, 0) is 30.3 Å². The Hall–Kier alpha value is -4.00. The van der Waals surface area contributed by atoms with Gasteiger partial charge in [0.05, 0.1) is 16.7 Å². The van der Waals surface area contributed by atoms with Gasteiger partial charge in [-0.3, -0.25) is 19.3 Å². The van der Waals surface area contributed by atoms with E-state index in [0.29, 0.717) is 5.58 Å². The Morgan fingerprint density at radius 3 is 2.55 bits per heavy atom. The van der Waals surface area contributed by atoms with Crippen molar-refractivity contribution in [1.29, 1.82) is 0 Å². The van der Waals surface area contributed by atoms with Crippen LogP contribution in [0.3, 0.4) is 0 Å². The van der Waals surface area contributed by atoms with Gasteiger partial charge < -0.3 is 9.15 Å². The second-order valence-corrected chi connectivity index (χ2v) is 6.42. The van der Waals surface area contributed by atoms with Gasteiger partial charge in [0.2, 0.25) is 5.78 Å². The Morgan fingerprint density at radius 2 is 1.79 bits per heavy atom. The average Bonchev–Trinajstić information content (AvgIpc) is 3.27. The first-order valence-corrected chi connectivity index (χ1v) is 8.79. The van der Waals surface area contributed by atoms with E-state index in [2.05, 4.69) is 6.58 Å². The number of ether oxygens (including phenoxy) is 1. The Morgan fingerprint density at radius 1 is 1.03 bits per heavy atom. The number of hydrogen-bond donors (Lipinski definition) is 0. The first kappa shape index (κ1) is 18.4. The normalized spacial score (nSPS) is 12.9. The number of rotatable bonds is 6. The third-order valence-corrected chi connectivity index (χ3v) is 4.55. The molecule has 0 saturated carbocycles. The number of para-hydroxylation sites is 1. The van der Waals surface area contributed by atoms with Gasteiger partial charge in [-0.1, -0.05) is 24.3 Å². The van der Waals surface area contributed by atoms with Crippen LogP contribution in [0.15, 0.2) is 65.6 Å². The van der Waals surface area contributed by atoms with Crippen LogP contribution in [0.5, 0.6) is 0 Å². The number of nitrogens with zero attached hydrogens (tertiary/aromatic N) is 1. The number of fused-ring (bicyclic) bond motifs is 2. The number of carbonyl (C=O) groups excluding carboxylic acids is 4. The molecule has 0 radical (unpaired) electrons. The van der Waals surface area contributed by atoms with Crippen LogP contribution in [0, 0.1) is 0 Å². The van der Waals surface area contributed by atoms with Gasteiger partial charge in [-0.25, -0.2) is 4.79 Å². The van der Waals surface area contributed by atoms with E-state index in [1.165, 1.54) is 24.3 Å². The highest BCUT2D eigenvalue weighted by Crippen LogP contribution is 2.24. The molecule has 3 aromatic rings. The lowest BCUT2D eigenvalue weighted by molar-refractivity contribution is 0.0468. The highest BCUT2D eigenvalue weighted by Gasteiger charge is 2.35. The molecule has 2 heterocycles. The highest BCUT2D eigenvalue weighted by atomic mass is 16.5. The summed E-state index contributed by atoms with van der Waals surface area (Å²) in [7, 11) is 0. The molecule has 2 amide bonds. The van der Waals surface area contributed by atoms with Crippen molar-refractivity contribution in [3.05, 3.63) is 83.6 Å². The molecule has 0 spiro atoms. The maximum Gasteiger partial charge on any atom is 0.338 e. The fraction of sp³-hybridized carbons (Fsp3) is 0.0909. The highest BCUT2D eigenvalue weighted by molar-refractivity contribution is 6.22. The summed E-state index contributed by atoms with van der Waals surface area (Å²) in [5.41, 5.74) is 0.970. The molecule has 1 aromatic heterocycles. The van der Waals surface area contributed by atoms with Crippen LogP contribution in [0.1, 0.15) is 41.6 Å². The van der Waals surface area contributed by atoms with Crippen molar-refractivity contribution in [3.8, 4) is 0 Å². The summed E-state index contributed by atoms with van der Waals surface area (Å²) in [4.78, 5) is 50.2. The minimum Gasteiger partial charge on any atom is -0.454 e. The lowest BCUT2D eigenvalue weighted by Crippen LogP contribution is -2.29. The lowest BCUT2D eigenvalue weighted by atomic mass is 10.1. The van der Waals surface area contributed by atoms with Crippen LogP contribution in [0.25, 0.3) is 11.0 Å².